The topological polar surface area (TPSA) is 53.0 Å². The Kier molecular flexibility index (Phi) is 2.97. The smallest absolute Gasteiger partial charge is 0.0991 e. The largest absolute Gasteiger partial charge is 0.397 e. The van der Waals surface area contributed by atoms with Gasteiger partial charge in [0, 0.05) is 12.7 Å². The summed E-state index contributed by atoms with van der Waals surface area (Å²) in [5, 5.41) is 8.74. The molecule has 2 aromatic rings. The number of anilines is 3. The Morgan fingerprint density at radius 1 is 1.06 bits per heavy atom. The molecule has 3 nitrogen and oxygen atoms in total. The van der Waals surface area contributed by atoms with Crippen LogP contribution < -0.4 is 10.6 Å². The first-order valence-corrected chi connectivity index (χ1v) is 5.31. The van der Waals surface area contributed by atoms with Crippen molar-refractivity contribution in [2.24, 2.45) is 0 Å². The molecule has 0 unspecified atom stereocenters. The van der Waals surface area contributed by atoms with E-state index in [-0.39, 0.29) is 0 Å². The third kappa shape index (κ3) is 2.21. The second-order valence-corrected chi connectivity index (χ2v) is 3.78. The normalized spacial score (nSPS) is 9.65. The number of rotatable bonds is 2. The molecule has 0 atom stereocenters. The van der Waals surface area contributed by atoms with Gasteiger partial charge in [0.05, 0.1) is 23.0 Å². The molecule has 0 bridgehead atoms. The fraction of sp³-hybridized carbons (Fsp3) is 0.0714. The summed E-state index contributed by atoms with van der Waals surface area (Å²) in [4.78, 5) is 2.00. The van der Waals surface area contributed by atoms with Crippen molar-refractivity contribution in [2.75, 3.05) is 17.7 Å². The molecule has 0 aliphatic rings. The highest BCUT2D eigenvalue weighted by atomic mass is 15.1. The highest BCUT2D eigenvalue weighted by Crippen LogP contribution is 2.28. The first-order chi connectivity index (χ1) is 8.22. The van der Waals surface area contributed by atoms with Gasteiger partial charge in [-0.25, -0.2) is 0 Å². The fourth-order valence-corrected chi connectivity index (χ4v) is 1.69. The van der Waals surface area contributed by atoms with E-state index in [2.05, 4.69) is 6.07 Å². The van der Waals surface area contributed by atoms with Crippen molar-refractivity contribution in [3.8, 4) is 6.07 Å². The van der Waals surface area contributed by atoms with Crippen LogP contribution in [0.3, 0.4) is 0 Å². The lowest BCUT2D eigenvalue weighted by Crippen LogP contribution is -2.11. The van der Waals surface area contributed by atoms with E-state index in [1.54, 1.807) is 12.1 Å². The van der Waals surface area contributed by atoms with E-state index in [1.165, 1.54) is 0 Å². The van der Waals surface area contributed by atoms with Crippen LogP contribution in [0.2, 0.25) is 0 Å². The van der Waals surface area contributed by atoms with Crippen molar-refractivity contribution in [3.63, 3.8) is 0 Å². The number of benzene rings is 2. The first kappa shape index (κ1) is 11.0. The van der Waals surface area contributed by atoms with Crippen LogP contribution >= 0.6 is 0 Å². The van der Waals surface area contributed by atoms with Crippen LogP contribution in [-0.2, 0) is 0 Å². The van der Waals surface area contributed by atoms with Gasteiger partial charge in [-0.05, 0) is 36.4 Å². The van der Waals surface area contributed by atoms with Gasteiger partial charge in [0.1, 0.15) is 0 Å². The minimum Gasteiger partial charge on any atom is -0.397 e. The minimum atomic E-state index is 0.656. The van der Waals surface area contributed by atoms with Crippen LogP contribution in [0.4, 0.5) is 17.1 Å². The molecule has 0 spiro atoms. The summed E-state index contributed by atoms with van der Waals surface area (Å²) in [6, 6.07) is 17.2. The number of hydrogen-bond acceptors (Lipinski definition) is 3. The highest BCUT2D eigenvalue weighted by molar-refractivity contribution is 5.74. The molecular weight excluding hydrogens is 210 g/mol. The SMILES string of the molecule is CN(c1ccc(C#N)cc1)c1ccccc1N. The Morgan fingerprint density at radius 2 is 1.71 bits per heavy atom. The van der Waals surface area contributed by atoms with E-state index in [1.807, 2.05) is 48.3 Å². The van der Waals surface area contributed by atoms with Crippen molar-refractivity contribution in [3.05, 3.63) is 54.1 Å². The molecule has 2 aromatic carbocycles. The summed E-state index contributed by atoms with van der Waals surface area (Å²) in [5.74, 6) is 0. The van der Waals surface area contributed by atoms with Gasteiger partial charge < -0.3 is 10.6 Å². The Balaban J connectivity index is 2.34. The Bertz CT molecular complexity index is 552. The monoisotopic (exact) mass is 223 g/mol. The van der Waals surface area contributed by atoms with Gasteiger partial charge in [0.25, 0.3) is 0 Å². The van der Waals surface area contributed by atoms with E-state index >= 15 is 0 Å². The molecule has 17 heavy (non-hydrogen) atoms. The molecule has 0 fully saturated rings. The lowest BCUT2D eigenvalue weighted by atomic mass is 10.2. The molecule has 2 rings (SSSR count). The van der Waals surface area contributed by atoms with Crippen LogP contribution in [0.5, 0.6) is 0 Å². The van der Waals surface area contributed by atoms with Crippen molar-refractivity contribution < 1.29 is 0 Å². The summed E-state index contributed by atoms with van der Waals surface area (Å²) in [7, 11) is 1.95. The van der Waals surface area contributed by atoms with Crippen molar-refractivity contribution in [1.29, 1.82) is 5.26 Å². The summed E-state index contributed by atoms with van der Waals surface area (Å²) < 4.78 is 0. The maximum atomic E-state index is 8.74. The van der Waals surface area contributed by atoms with Crippen molar-refractivity contribution in [1.82, 2.24) is 0 Å². The van der Waals surface area contributed by atoms with E-state index in [0.717, 1.165) is 17.1 Å². The standard InChI is InChI=1S/C14H13N3/c1-17(14-5-3-2-4-13(14)16)12-8-6-11(10-15)7-9-12/h2-9H,16H2,1H3. The number of para-hydroxylation sites is 2. The third-order valence-corrected chi connectivity index (χ3v) is 2.68. The van der Waals surface area contributed by atoms with Gasteiger partial charge in [-0.2, -0.15) is 5.26 Å². The van der Waals surface area contributed by atoms with Gasteiger partial charge in [-0.15, -0.1) is 0 Å². The summed E-state index contributed by atoms with van der Waals surface area (Å²) >= 11 is 0. The van der Waals surface area contributed by atoms with E-state index in [0.29, 0.717) is 5.56 Å². The van der Waals surface area contributed by atoms with E-state index < -0.39 is 0 Å². The fourth-order valence-electron chi connectivity index (χ4n) is 1.69. The molecule has 0 aliphatic heterocycles. The van der Waals surface area contributed by atoms with Crippen molar-refractivity contribution >= 4 is 17.1 Å². The third-order valence-electron chi connectivity index (χ3n) is 2.68. The van der Waals surface area contributed by atoms with Gasteiger partial charge >= 0.3 is 0 Å². The number of nitrogens with two attached hydrogens (primary N) is 1. The molecule has 0 saturated heterocycles. The van der Waals surface area contributed by atoms with Crippen LogP contribution in [-0.4, -0.2) is 7.05 Å². The molecule has 0 radical (unpaired) electrons. The second-order valence-electron chi connectivity index (χ2n) is 3.78. The molecule has 0 aliphatic carbocycles. The minimum absolute atomic E-state index is 0.656. The molecule has 3 heteroatoms. The second kappa shape index (κ2) is 4.58. The zero-order valence-electron chi connectivity index (χ0n) is 9.59. The Morgan fingerprint density at radius 3 is 2.29 bits per heavy atom. The molecule has 0 amide bonds. The van der Waals surface area contributed by atoms with Gasteiger partial charge in [0.2, 0.25) is 0 Å². The van der Waals surface area contributed by atoms with Gasteiger partial charge in [-0.1, -0.05) is 12.1 Å². The predicted octanol–water partition coefficient (Wildman–Crippen LogP) is 2.91. The number of hydrogen-bond donors (Lipinski definition) is 1. The zero-order chi connectivity index (χ0) is 12.3. The van der Waals surface area contributed by atoms with E-state index in [9.17, 15) is 0 Å². The summed E-state index contributed by atoms with van der Waals surface area (Å²) in [6.07, 6.45) is 0. The highest BCUT2D eigenvalue weighted by Gasteiger charge is 2.06. The number of nitrogen functional groups attached to an aromatic ring is 1. The number of nitriles is 1. The van der Waals surface area contributed by atoms with Crippen molar-refractivity contribution in [2.45, 2.75) is 0 Å². The Hall–Kier alpha value is -2.47. The molecular formula is C14H13N3. The summed E-state index contributed by atoms with van der Waals surface area (Å²) in [6.45, 7) is 0. The quantitative estimate of drug-likeness (QED) is 0.796. The van der Waals surface area contributed by atoms with Crippen LogP contribution in [0.15, 0.2) is 48.5 Å². The lowest BCUT2D eigenvalue weighted by molar-refractivity contribution is 1.21. The van der Waals surface area contributed by atoms with Gasteiger partial charge in [0.15, 0.2) is 0 Å². The average molecular weight is 223 g/mol. The molecule has 84 valence electrons. The maximum Gasteiger partial charge on any atom is 0.0991 e. The molecule has 0 saturated carbocycles. The van der Waals surface area contributed by atoms with E-state index in [4.69, 9.17) is 11.0 Å². The van der Waals surface area contributed by atoms with Crippen LogP contribution in [0.25, 0.3) is 0 Å². The first-order valence-electron chi connectivity index (χ1n) is 5.31. The van der Waals surface area contributed by atoms with Crippen LogP contribution in [0.1, 0.15) is 5.56 Å². The van der Waals surface area contributed by atoms with Gasteiger partial charge in [-0.3, -0.25) is 0 Å². The molecule has 0 heterocycles. The average Bonchev–Trinajstić information content (AvgIpc) is 2.39. The Labute approximate surface area is 101 Å². The maximum absolute atomic E-state index is 8.74. The molecule has 2 N–H and O–H groups in total. The zero-order valence-corrected chi connectivity index (χ0v) is 9.59. The summed E-state index contributed by atoms with van der Waals surface area (Å²) in [5.41, 5.74) is 9.27. The van der Waals surface area contributed by atoms with Crippen LogP contribution in [0, 0.1) is 11.3 Å². The number of nitrogens with zero attached hydrogens (tertiary/aromatic N) is 2. The predicted molar refractivity (Wildman–Crippen MR) is 70.1 cm³/mol. The molecule has 0 aromatic heterocycles. The lowest BCUT2D eigenvalue weighted by Gasteiger charge is -2.21.